The molecule has 0 unspecified atom stereocenters. The minimum absolute atomic E-state index is 0.0781. The second kappa shape index (κ2) is 7.22. The van der Waals surface area contributed by atoms with Crippen molar-refractivity contribution in [3.05, 3.63) is 55.7 Å². The van der Waals surface area contributed by atoms with Crippen molar-refractivity contribution in [1.29, 1.82) is 0 Å². The molecule has 2 heterocycles. The number of rotatable bonds is 3. The van der Waals surface area contributed by atoms with E-state index in [0.717, 1.165) is 24.0 Å². The highest BCUT2D eigenvalue weighted by Gasteiger charge is 2.38. The Balaban J connectivity index is 2.12. The molecule has 130 valence electrons. The molecule has 0 saturated carbocycles. The minimum atomic E-state index is -4.46. The number of nitrogens with one attached hydrogen (secondary N) is 1. The molecule has 0 amide bonds. The Hall–Kier alpha value is -0.790. The maximum absolute atomic E-state index is 13.6. The topological polar surface area (TPSA) is 15.3 Å². The van der Waals surface area contributed by atoms with E-state index in [9.17, 15) is 13.2 Å². The third kappa shape index (κ3) is 3.89. The van der Waals surface area contributed by atoms with Crippen LogP contribution in [0.3, 0.4) is 0 Å². The van der Waals surface area contributed by atoms with Gasteiger partial charge in [-0.3, -0.25) is 4.90 Å². The number of piperazine rings is 1. The third-order valence-electron chi connectivity index (χ3n) is 4.00. The molecule has 1 aromatic carbocycles. The average molecular weight is 395 g/mol. The van der Waals surface area contributed by atoms with E-state index in [1.54, 1.807) is 12.1 Å². The van der Waals surface area contributed by atoms with Crippen molar-refractivity contribution >= 4 is 34.5 Å². The lowest BCUT2D eigenvalue weighted by atomic mass is 9.96. The van der Waals surface area contributed by atoms with Gasteiger partial charge in [-0.2, -0.15) is 13.2 Å². The standard InChI is InChI=1S/C16H15Cl2F3N2S/c17-10-1-2-11(12(9-10)16(19,20)21)15(13-3-4-14(18)24-13)23-7-5-22-6-8-23/h1-4,9,15,22H,5-8H2/t15-/m1/s1. The second-order valence-electron chi connectivity index (χ2n) is 5.56. The first kappa shape index (κ1) is 18.0. The maximum atomic E-state index is 13.6. The Labute approximate surface area is 152 Å². The van der Waals surface area contributed by atoms with Gasteiger partial charge in [0.15, 0.2) is 0 Å². The molecule has 1 fully saturated rings. The molecule has 0 radical (unpaired) electrons. The van der Waals surface area contributed by atoms with Crippen LogP contribution < -0.4 is 5.32 Å². The molecule has 1 saturated heterocycles. The van der Waals surface area contributed by atoms with E-state index in [-0.39, 0.29) is 10.6 Å². The monoisotopic (exact) mass is 394 g/mol. The predicted octanol–water partition coefficient (Wildman–Crippen LogP) is 5.07. The van der Waals surface area contributed by atoms with E-state index in [2.05, 4.69) is 10.2 Å². The van der Waals surface area contributed by atoms with Gasteiger partial charge in [0.2, 0.25) is 0 Å². The van der Waals surface area contributed by atoms with Gasteiger partial charge >= 0.3 is 6.18 Å². The van der Waals surface area contributed by atoms with Crippen LogP contribution in [0.4, 0.5) is 13.2 Å². The zero-order valence-corrected chi connectivity index (χ0v) is 14.9. The first-order chi connectivity index (χ1) is 11.4. The number of halogens is 5. The summed E-state index contributed by atoms with van der Waals surface area (Å²) in [5, 5.41) is 3.30. The highest BCUT2D eigenvalue weighted by molar-refractivity contribution is 7.16. The Morgan fingerprint density at radius 2 is 1.79 bits per heavy atom. The van der Waals surface area contributed by atoms with Crippen molar-refractivity contribution in [3.8, 4) is 0 Å². The van der Waals surface area contributed by atoms with Gasteiger partial charge in [0.1, 0.15) is 0 Å². The molecule has 1 aliphatic rings. The molecule has 0 bridgehead atoms. The fraction of sp³-hybridized carbons (Fsp3) is 0.375. The maximum Gasteiger partial charge on any atom is 0.416 e. The van der Waals surface area contributed by atoms with Gasteiger partial charge in [0.05, 0.1) is 15.9 Å². The van der Waals surface area contributed by atoms with E-state index in [1.807, 2.05) is 0 Å². The van der Waals surface area contributed by atoms with Crippen LogP contribution in [0.1, 0.15) is 22.0 Å². The lowest BCUT2D eigenvalue weighted by Gasteiger charge is -2.35. The summed E-state index contributed by atoms with van der Waals surface area (Å²) >= 11 is 13.2. The van der Waals surface area contributed by atoms with Gasteiger partial charge in [-0.05, 0) is 29.8 Å². The summed E-state index contributed by atoms with van der Waals surface area (Å²) < 4.78 is 41.3. The van der Waals surface area contributed by atoms with Gasteiger partial charge in [0, 0.05) is 36.1 Å². The van der Waals surface area contributed by atoms with Crippen molar-refractivity contribution < 1.29 is 13.2 Å². The molecule has 8 heteroatoms. The van der Waals surface area contributed by atoms with E-state index in [4.69, 9.17) is 23.2 Å². The van der Waals surface area contributed by atoms with Crippen molar-refractivity contribution in [2.45, 2.75) is 12.2 Å². The molecule has 1 N–H and O–H groups in total. The number of hydrogen-bond donors (Lipinski definition) is 1. The molecular formula is C16H15Cl2F3N2S. The van der Waals surface area contributed by atoms with Crippen molar-refractivity contribution in [2.24, 2.45) is 0 Å². The van der Waals surface area contributed by atoms with Crippen LogP contribution in [0.2, 0.25) is 9.36 Å². The van der Waals surface area contributed by atoms with Crippen LogP contribution in [-0.2, 0) is 6.18 Å². The molecule has 3 rings (SSSR count). The normalized spacial score (nSPS) is 17.9. The summed E-state index contributed by atoms with van der Waals surface area (Å²) in [7, 11) is 0. The predicted molar refractivity (Wildman–Crippen MR) is 92.1 cm³/mol. The lowest BCUT2D eigenvalue weighted by molar-refractivity contribution is -0.138. The second-order valence-corrected chi connectivity index (χ2v) is 7.74. The smallest absolute Gasteiger partial charge is 0.314 e. The fourth-order valence-corrected chi connectivity index (χ4v) is 4.35. The first-order valence-electron chi connectivity index (χ1n) is 7.43. The summed E-state index contributed by atoms with van der Waals surface area (Å²) in [6.45, 7) is 2.81. The van der Waals surface area contributed by atoms with Gasteiger partial charge < -0.3 is 5.32 Å². The largest absolute Gasteiger partial charge is 0.416 e. The molecule has 2 aromatic rings. The summed E-state index contributed by atoms with van der Waals surface area (Å²) in [6.07, 6.45) is -4.46. The highest BCUT2D eigenvalue weighted by atomic mass is 35.5. The van der Waals surface area contributed by atoms with Crippen LogP contribution in [0.25, 0.3) is 0 Å². The number of alkyl halides is 3. The molecule has 2 nitrogen and oxygen atoms in total. The summed E-state index contributed by atoms with van der Waals surface area (Å²) in [5.41, 5.74) is -0.477. The Kier molecular flexibility index (Phi) is 5.42. The summed E-state index contributed by atoms with van der Waals surface area (Å²) in [6, 6.07) is 7.02. The van der Waals surface area contributed by atoms with Crippen molar-refractivity contribution in [2.75, 3.05) is 26.2 Å². The van der Waals surface area contributed by atoms with Crippen LogP contribution >= 0.6 is 34.5 Å². The molecule has 0 aliphatic carbocycles. The number of benzene rings is 1. The van der Waals surface area contributed by atoms with Crippen LogP contribution in [0.15, 0.2) is 30.3 Å². The Morgan fingerprint density at radius 1 is 1.08 bits per heavy atom. The van der Waals surface area contributed by atoms with Crippen LogP contribution in [0, 0.1) is 0 Å². The van der Waals surface area contributed by atoms with Crippen molar-refractivity contribution in [3.63, 3.8) is 0 Å². The molecule has 1 aliphatic heterocycles. The van der Waals surface area contributed by atoms with Gasteiger partial charge in [-0.15, -0.1) is 11.3 Å². The molecular weight excluding hydrogens is 380 g/mol. The minimum Gasteiger partial charge on any atom is -0.314 e. The fourth-order valence-electron chi connectivity index (χ4n) is 2.96. The lowest BCUT2D eigenvalue weighted by Crippen LogP contribution is -2.45. The van der Waals surface area contributed by atoms with E-state index in [1.165, 1.54) is 23.5 Å². The number of hydrogen-bond acceptors (Lipinski definition) is 3. The number of nitrogens with zero attached hydrogens (tertiary/aromatic N) is 1. The molecule has 1 aromatic heterocycles. The Morgan fingerprint density at radius 3 is 2.38 bits per heavy atom. The van der Waals surface area contributed by atoms with Crippen molar-refractivity contribution in [1.82, 2.24) is 10.2 Å². The molecule has 0 spiro atoms. The quantitative estimate of drug-likeness (QED) is 0.781. The van der Waals surface area contributed by atoms with E-state index >= 15 is 0 Å². The van der Waals surface area contributed by atoms with Gasteiger partial charge in [-0.1, -0.05) is 29.3 Å². The van der Waals surface area contributed by atoms with Gasteiger partial charge in [0.25, 0.3) is 0 Å². The van der Waals surface area contributed by atoms with Crippen LogP contribution in [0.5, 0.6) is 0 Å². The third-order valence-corrected chi connectivity index (χ3v) is 5.51. The van der Waals surface area contributed by atoms with Gasteiger partial charge in [-0.25, -0.2) is 0 Å². The molecule has 1 atom stereocenters. The zero-order valence-electron chi connectivity index (χ0n) is 12.5. The summed E-state index contributed by atoms with van der Waals surface area (Å²) in [5.74, 6) is 0. The summed E-state index contributed by atoms with van der Waals surface area (Å²) in [4.78, 5) is 2.85. The highest BCUT2D eigenvalue weighted by Crippen LogP contribution is 2.42. The first-order valence-corrected chi connectivity index (χ1v) is 9.00. The zero-order chi connectivity index (χ0) is 17.3. The number of thiophene rings is 1. The van der Waals surface area contributed by atoms with E-state index in [0.29, 0.717) is 17.4 Å². The Bertz CT molecular complexity index is 712. The van der Waals surface area contributed by atoms with E-state index < -0.39 is 17.8 Å². The SMILES string of the molecule is FC(F)(F)c1cc(Cl)ccc1[C@H](c1ccc(Cl)s1)N1CCNCC1. The van der Waals surface area contributed by atoms with Crippen LogP contribution in [-0.4, -0.2) is 31.1 Å². The average Bonchev–Trinajstić information content (AvgIpc) is 2.95. The molecule has 24 heavy (non-hydrogen) atoms.